The van der Waals surface area contributed by atoms with E-state index >= 15 is 0 Å². The number of anilines is 1. The van der Waals surface area contributed by atoms with Gasteiger partial charge in [0.25, 0.3) is 0 Å². The molecule has 14 heavy (non-hydrogen) atoms. The number of fused-ring (bicyclic) bond motifs is 1. The molecule has 0 N–H and O–H groups in total. The smallest absolute Gasteiger partial charge is 0.180 e. The molecule has 0 unspecified atom stereocenters. The van der Waals surface area contributed by atoms with Crippen LogP contribution >= 0.6 is 0 Å². The first-order valence-electron chi connectivity index (χ1n) is 4.98. The molecule has 2 aromatic heterocycles. The molecular weight excluding hydrogens is 176 g/mol. The quantitative estimate of drug-likeness (QED) is 0.677. The molecule has 1 fully saturated rings. The first-order chi connectivity index (χ1) is 6.95. The van der Waals surface area contributed by atoms with Gasteiger partial charge in [-0.2, -0.15) is 0 Å². The fraction of sp³-hybridized carbons (Fsp3) is 0.400. The van der Waals surface area contributed by atoms with Crippen LogP contribution in [0, 0.1) is 0 Å². The van der Waals surface area contributed by atoms with Crippen molar-refractivity contribution in [3.05, 3.63) is 24.8 Å². The Hall–Kier alpha value is -1.58. The van der Waals surface area contributed by atoms with Crippen molar-refractivity contribution >= 4 is 11.5 Å². The van der Waals surface area contributed by atoms with E-state index in [0.29, 0.717) is 0 Å². The summed E-state index contributed by atoms with van der Waals surface area (Å²) in [6.45, 7) is 2.22. The van der Waals surface area contributed by atoms with E-state index in [4.69, 9.17) is 0 Å². The Kier molecular flexibility index (Phi) is 1.65. The van der Waals surface area contributed by atoms with Crippen LogP contribution in [0.25, 0.3) is 5.65 Å². The SMILES string of the molecule is c1cn2ccnc2c(N2CCCC2)n1. The molecule has 0 aliphatic carbocycles. The van der Waals surface area contributed by atoms with Crippen LogP contribution in [0.3, 0.4) is 0 Å². The van der Waals surface area contributed by atoms with Gasteiger partial charge in [-0.15, -0.1) is 0 Å². The van der Waals surface area contributed by atoms with E-state index in [9.17, 15) is 0 Å². The van der Waals surface area contributed by atoms with Gasteiger partial charge in [-0.1, -0.05) is 0 Å². The lowest BCUT2D eigenvalue weighted by Crippen LogP contribution is -2.19. The minimum Gasteiger partial charge on any atom is -0.354 e. The van der Waals surface area contributed by atoms with E-state index in [0.717, 1.165) is 24.6 Å². The molecule has 2 aromatic rings. The molecule has 1 aliphatic rings. The van der Waals surface area contributed by atoms with E-state index in [-0.39, 0.29) is 0 Å². The van der Waals surface area contributed by atoms with Gasteiger partial charge in [0.05, 0.1) is 0 Å². The fourth-order valence-electron chi connectivity index (χ4n) is 1.99. The number of rotatable bonds is 1. The highest BCUT2D eigenvalue weighted by atomic mass is 15.2. The van der Waals surface area contributed by atoms with Gasteiger partial charge in [-0.3, -0.25) is 0 Å². The van der Waals surface area contributed by atoms with Gasteiger partial charge in [0, 0.05) is 37.9 Å². The lowest BCUT2D eigenvalue weighted by molar-refractivity contribution is 0.927. The first-order valence-corrected chi connectivity index (χ1v) is 4.98. The van der Waals surface area contributed by atoms with Crippen LogP contribution in [0.4, 0.5) is 5.82 Å². The van der Waals surface area contributed by atoms with Crippen LogP contribution in [-0.2, 0) is 0 Å². The van der Waals surface area contributed by atoms with Gasteiger partial charge in [0.15, 0.2) is 11.5 Å². The summed E-state index contributed by atoms with van der Waals surface area (Å²) in [6, 6.07) is 0. The summed E-state index contributed by atoms with van der Waals surface area (Å²) in [5.74, 6) is 1.02. The van der Waals surface area contributed by atoms with Crippen molar-refractivity contribution in [3.8, 4) is 0 Å². The van der Waals surface area contributed by atoms with E-state index in [1.807, 2.05) is 29.2 Å². The summed E-state index contributed by atoms with van der Waals surface area (Å²) in [4.78, 5) is 11.0. The molecule has 4 nitrogen and oxygen atoms in total. The van der Waals surface area contributed by atoms with Crippen LogP contribution in [0.2, 0.25) is 0 Å². The third-order valence-electron chi connectivity index (χ3n) is 2.70. The monoisotopic (exact) mass is 188 g/mol. The Bertz CT molecular complexity index is 442. The van der Waals surface area contributed by atoms with E-state index in [2.05, 4.69) is 14.9 Å². The van der Waals surface area contributed by atoms with Crippen molar-refractivity contribution in [1.82, 2.24) is 14.4 Å². The maximum Gasteiger partial charge on any atom is 0.180 e. The zero-order chi connectivity index (χ0) is 9.38. The van der Waals surface area contributed by atoms with Gasteiger partial charge in [-0.05, 0) is 12.8 Å². The molecule has 0 amide bonds. The molecule has 0 atom stereocenters. The molecule has 1 aliphatic heterocycles. The Morgan fingerprint density at radius 2 is 1.71 bits per heavy atom. The van der Waals surface area contributed by atoms with Gasteiger partial charge in [-0.25, -0.2) is 9.97 Å². The van der Waals surface area contributed by atoms with E-state index < -0.39 is 0 Å². The third-order valence-corrected chi connectivity index (χ3v) is 2.70. The molecule has 0 bridgehead atoms. The third kappa shape index (κ3) is 1.07. The summed E-state index contributed by atoms with van der Waals surface area (Å²) in [5, 5.41) is 0. The standard InChI is InChI=1S/C10H12N4/c1-2-6-13(5-1)9-10-12-4-8-14(10)7-3-11-9/h3-4,7-8H,1-2,5-6H2. The number of aromatic nitrogens is 3. The Morgan fingerprint density at radius 3 is 2.50 bits per heavy atom. The minimum atomic E-state index is 0.967. The molecule has 1 saturated heterocycles. The average molecular weight is 188 g/mol. The second kappa shape index (κ2) is 2.97. The van der Waals surface area contributed by atoms with E-state index in [1.165, 1.54) is 12.8 Å². The topological polar surface area (TPSA) is 33.4 Å². The average Bonchev–Trinajstić information content (AvgIpc) is 2.88. The predicted molar refractivity (Wildman–Crippen MR) is 54.4 cm³/mol. The predicted octanol–water partition coefficient (Wildman–Crippen LogP) is 1.33. The fourth-order valence-corrected chi connectivity index (χ4v) is 1.99. The van der Waals surface area contributed by atoms with Crippen molar-refractivity contribution < 1.29 is 0 Å². The van der Waals surface area contributed by atoms with Gasteiger partial charge in [0.2, 0.25) is 0 Å². The molecule has 0 spiro atoms. The summed E-state index contributed by atoms with van der Waals surface area (Å²) >= 11 is 0. The van der Waals surface area contributed by atoms with Crippen LogP contribution in [0.1, 0.15) is 12.8 Å². The molecule has 72 valence electrons. The van der Waals surface area contributed by atoms with Crippen LogP contribution in [0.15, 0.2) is 24.8 Å². The Balaban J connectivity index is 2.14. The highest BCUT2D eigenvalue weighted by molar-refractivity contribution is 5.64. The number of imidazole rings is 1. The second-order valence-corrected chi connectivity index (χ2v) is 3.60. The normalized spacial score (nSPS) is 16.7. The molecule has 0 radical (unpaired) electrons. The number of hydrogen-bond donors (Lipinski definition) is 0. The van der Waals surface area contributed by atoms with Crippen LogP contribution in [-0.4, -0.2) is 27.5 Å². The van der Waals surface area contributed by atoms with Gasteiger partial charge in [0.1, 0.15) is 0 Å². The van der Waals surface area contributed by atoms with Crippen molar-refractivity contribution in [2.24, 2.45) is 0 Å². The zero-order valence-electron chi connectivity index (χ0n) is 7.93. The lowest BCUT2D eigenvalue weighted by atomic mass is 10.4. The highest BCUT2D eigenvalue weighted by Crippen LogP contribution is 2.21. The van der Waals surface area contributed by atoms with Gasteiger partial charge >= 0.3 is 0 Å². The van der Waals surface area contributed by atoms with Crippen molar-refractivity contribution in [2.75, 3.05) is 18.0 Å². The molecule has 3 heterocycles. The minimum absolute atomic E-state index is 0.967. The summed E-state index contributed by atoms with van der Waals surface area (Å²) < 4.78 is 2.01. The lowest BCUT2D eigenvalue weighted by Gasteiger charge is -2.16. The summed E-state index contributed by atoms with van der Waals surface area (Å²) in [7, 11) is 0. The van der Waals surface area contributed by atoms with Crippen molar-refractivity contribution in [3.63, 3.8) is 0 Å². The Morgan fingerprint density at radius 1 is 1.00 bits per heavy atom. The summed E-state index contributed by atoms with van der Waals surface area (Å²) in [6.07, 6.45) is 10.1. The Labute approximate surface area is 82.2 Å². The maximum absolute atomic E-state index is 4.40. The molecule has 3 rings (SSSR count). The second-order valence-electron chi connectivity index (χ2n) is 3.60. The molecule has 0 aromatic carbocycles. The van der Waals surface area contributed by atoms with E-state index in [1.54, 1.807) is 0 Å². The maximum atomic E-state index is 4.40. The molecule has 4 heteroatoms. The molecular formula is C10H12N4. The van der Waals surface area contributed by atoms with Crippen LogP contribution in [0.5, 0.6) is 0 Å². The van der Waals surface area contributed by atoms with Crippen LogP contribution < -0.4 is 4.90 Å². The van der Waals surface area contributed by atoms with Crippen molar-refractivity contribution in [2.45, 2.75) is 12.8 Å². The zero-order valence-corrected chi connectivity index (χ0v) is 7.93. The highest BCUT2D eigenvalue weighted by Gasteiger charge is 2.16. The number of hydrogen-bond acceptors (Lipinski definition) is 3. The number of nitrogens with zero attached hydrogens (tertiary/aromatic N) is 4. The largest absolute Gasteiger partial charge is 0.354 e. The summed E-state index contributed by atoms with van der Waals surface area (Å²) in [5.41, 5.74) is 0.967. The van der Waals surface area contributed by atoms with Gasteiger partial charge < -0.3 is 9.30 Å². The first kappa shape index (κ1) is 7.79. The molecule has 0 saturated carbocycles. The van der Waals surface area contributed by atoms with Crippen molar-refractivity contribution in [1.29, 1.82) is 0 Å².